The SMILES string of the molecule is O=C(S[C@H](C(=O)O)[C@@H](SC(=O)c1ccccc1)C(=O)O)c1ccccc1. The number of rotatable bonds is 7. The maximum Gasteiger partial charge on any atom is 0.318 e. The molecule has 2 N–H and O–H groups in total. The van der Waals surface area contributed by atoms with E-state index in [-0.39, 0.29) is 11.1 Å². The minimum Gasteiger partial charge on any atom is -0.480 e. The van der Waals surface area contributed by atoms with Crippen LogP contribution in [0.15, 0.2) is 60.7 Å². The molecule has 0 heterocycles. The Kier molecular flexibility index (Phi) is 6.99. The molecule has 0 saturated heterocycles. The van der Waals surface area contributed by atoms with Crippen molar-refractivity contribution in [3.63, 3.8) is 0 Å². The van der Waals surface area contributed by atoms with E-state index in [2.05, 4.69) is 0 Å². The highest BCUT2D eigenvalue weighted by Crippen LogP contribution is 2.30. The van der Waals surface area contributed by atoms with Crippen LogP contribution in [0, 0.1) is 0 Å². The van der Waals surface area contributed by atoms with Gasteiger partial charge in [0, 0.05) is 11.1 Å². The lowest BCUT2D eigenvalue weighted by molar-refractivity contribution is -0.142. The zero-order chi connectivity index (χ0) is 19.1. The Bertz CT molecular complexity index is 737. The lowest BCUT2D eigenvalue weighted by atomic mass is 10.2. The van der Waals surface area contributed by atoms with Crippen LogP contribution in [0.1, 0.15) is 20.7 Å². The first-order valence-corrected chi connectivity index (χ1v) is 9.13. The van der Waals surface area contributed by atoms with Crippen LogP contribution in [0.25, 0.3) is 0 Å². The quantitative estimate of drug-likeness (QED) is 0.742. The third kappa shape index (κ3) is 5.21. The molecule has 0 aliphatic heterocycles. The summed E-state index contributed by atoms with van der Waals surface area (Å²) < 4.78 is 0. The number of hydrogen-bond acceptors (Lipinski definition) is 6. The summed E-state index contributed by atoms with van der Waals surface area (Å²) in [4.78, 5) is 47.6. The summed E-state index contributed by atoms with van der Waals surface area (Å²) in [5.41, 5.74) is 0.513. The lowest BCUT2D eigenvalue weighted by Gasteiger charge is -2.18. The Morgan fingerprint density at radius 3 is 1.19 bits per heavy atom. The van der Waals surface area contributed by atoms with Gasteiger partial charge in [0.05, 0.1) is 0 Å². The molecule has 0 amide bonds. The van der Waals surface area contributed by atoms with Crippen LogP contribution >= 0.6 is 23.5 Å². The van der Waals surface area contributed by atoms with E-state index in [1.165, 1.54) is 24.3 Å². The Morgan fingerprint density at radius 2 is 0.923 bits per heavy atom. The van der Waals surface area contributed by atoms with Gasteiger partial charge in [-0.3, -0.25) is 19.2 Å². The standard InChI is InChI=1S/C18H14O6S2/c19-15(20)13(25-17(23)11-7-3-1-4-8-11)14(16(21)22)26-18(24)12-9-5-2-6-10-12/h1-10,13-14H,(H,19,20)(H,21,22)/t13-,14+. The second kappa shape index (κ2) is 9.21. The molecule has 0 radical (unpaired) electrons. The van der Waals surface area contributed by atoms with E-state index in [1.54, 1.807) is 36.4 Å². The zero-order valence-electron chi connectivity index (χ0n) is 13.3. The molecule has 26 heavy (non-hydrogen) atoms. The average molecular weight is 390 g/mol. The van der Waals surface area contributed by atoms with Gasteiger partial charge in [-0.25, -0.2) is 0 Å². The molecular weight excluding hydrogens is 376 g/mol. The Labute approximate surface area is 157 Å². The lowest BCUT2D eigenvalue weighted by Crippen LogP contribution is -2.37. The zero-order valence-corrected chi connectivity index (χ0v) is 14.9. The number of carboxylic acids is 2. The maximum absolute atomic E-state index is 12.3. The largest absolute Gasteiger partial charge is 0.480 e. The summed E-state index contributed by atoms with van der Waals surface area (Å²) in [5.74, 6) is -2.94. The molecule has 2 atom stereocenters. The Hall–Kier alpha value is -2.58. The summed E-state index contributed by atoms with van der Waals surface area (Å²) in [5, 5.41) is 14.5. The normalized spacial score (nSPS) is 12.8. The summed E-state index contributed by atoms with van der Waals surface area (Å²) in [7, 11) is 0. The van der Waals surface area contributed by atoms with E-state index in [9.17, 15) is 29.4 Å². The van der Waals surface area contributed by atoms with Crippen LogP contribution in [-0.2, 0) is 9.59 Å². The fraction of sp³-hybridized carbons (Fsp3) is 0.111. The number of carbonyl (C=O) groups excluding carboxylic acids is 2. The Balaban J connectivity index is 2.20. The molecule has 2 rings (SSSR count). The van der Waals surface area contributed by atoms with E-state index < -0.39 is 32.7 Å². The summed E-state index contributed by atoms with van der Waals surface area (Å²) in [6.07, 6.45) is 0. The second-order valence-electron chi connectivity index (χ2n) is 5.06. The molecule has 2 aromatic rings. The van der Waals surface area contributed by atoms with Gasteiger partial charge < -0.3 is 10.2 Å². The molecule has 0 saturated carbocycles. The molecule has 0 aliphatic carbocycles. The van der Waals surface area contributed by atoms with Crippen molar-refractivity contribution in [2.24, 2.45) is 0 Å². The van der Waals surface area contributed by atoms with E-state index >= 15 is 0 Å². The van der Waals surface area contributed by atoms with Gasteiger partial charge in [0.15, 0.2) is 0 Å². The molecule has 8 heteroatoms. The van der Waals surface area contributed by atoms with Gasteiger partial charge in [-0.1, -0.05) is 84.2 Å². The monoisotopic (exact) mass is 390 g/mol. The molecular formula is C18H14O6S2. The van der Waals surface area contributed by atoms with Crippen LogP contribution < -0.4 is 0 Å². The Morgan fingerprint density at radius 1 is 0.615 bits per heavy atom. The number of aliphatic carboxylic acids is 2. The van der Waals surface area contributed by atoms with Gasteiger partial charge in [-0.05, 0) is 0 Å². The van der Waals surface area contributed by atoms with Crippen molar-refractivity contribution in [1.82, 2.24) is 0 Å². The third-order valence-electron chi connectivity index (χ3n) is 3.25. The molecule has 0 fully saturated rings. The van der Waals surface area contributed by atoms with Gasteiger partial charge in [0.2, 0.25) is 10.2 Å². The van der Waals surface area contributed by atoms with Crippen molar-refractivity contribution < 1.29 is 29.4 Å². The van der Waals surface area contributed by atoms with Crippen LogP contribution in [0.2, 0.25) is 0 Å². The van der Waals surface area contributed by atoms with Gasteiger partial charge in [-0.2, -0.15) is 0 Å². The fourth-order valence-electron chi connectivity index (χ4n) is 2.00. The average Bonchev–Trinajstić information content (AvgIpc) is 2.65. The van der Waals surface area contributed by atoms with Gasteiger partial charge in [0.25, 0.3) is 0 Å². The minimum absolute atomic E-state index is 0.257. The fourth-order valence-corrected chi connectivity index (χ4v) is 4.02. The summed E-state index contributed by atoms with van der Waals surface area (Å²) in [6.45, 7) is 0. The van der Waals surface area contributed by atoms with E-state index in [1.807, 2.05) is 0 Å². The van der Waals surface area contributed by atoms with Crippen molar-refractivity contribution in [1.29, 1.82) is 0 Å². The highest BCUT2D eigenvalue weighted by molar-refractivity contribution is 8.18. The van der Waals surface area contributed by atoms with Gasteiger partial charge in [-0.15, -0.1) is 0 Å². The molecule has 0 aromatic heterocycles. The minimum atomic E-state index is -1.61. The molecule has 2 aromatic carbocycles. The van der Waals surface area contributed by atoms with Crippen molar-refractivity contribution in [2.45, 2.75) is 10.5 Å². The van der Waals surface area contributed by atoms with E-state index in [4.69, 9.17) is 0 Å². The number of carboxylic acid groups (broad SMARTS) is 2. The van der Waals surface area contributed by atoms with E-state index in [0.29, 0.717) is 23.5 Å². The van der Waals surface area contributed by atoms with Gasteiger partial charge in [0.1, 0.15) is 10.5 Å². The van der Waals surface area contributed by atoms with Crippen molar-refractivity contribution >= 4 is 45.7 Å². The first-order chi connectivity index (χ1) is 12.4. The number of benzene rings is 2. The number of carbonyl (C=O) groups is 4. The molecule has 134 valence electrons. The van der Waals surface area contributed by atoms with Crippen molar-refractivity contribution in [3.8, 4) is 0 Å². The topological polar surface area (TPSA) is 109 Å². The predicted octanol–water partition coefficient (Wildman–Crippen LogP) is 3.04. The van der Waals surface area contributed by atoms with E-state index in [0.717, 1.165) is 0 Å². The smallest absolute Gasteiger partial charge is 0.318 e. The van der Waals surface area contributed by atoms with Crippen LogP contribution in [-0.4, -0.2) is 42.9 Å². The molecule has 0 unspecified atom stereocenters. The number of hydrogen-bond donors (Lipinski definition) is 2. The van der Waals surface area contributed by atoms with Gasteiger partial charge >= 0.3 is 11.9 Å². The highest BCUT2D eigenvalue weighted by Gasteiger charge is 2.39. The molecule has 0 bridgehead atoms. The third-order valence-corrected chi connectivity index (χ3v) is 5.78. The van der Waals surface area contributed by atoms with Crippen molar-refractivity contribution in [2.75, 3.05) is 0 Å². The van der Waals surface area contributed by atoms with Crippen LogP contribution in [0.4, 0.5) is 0 Å². The molecule has 0 spiro atoms. The van der Waals surface area contributed by atoms with Crippen molar-refractivity contribution in [3.05, 3.63) is 71.8 Å². The number of thioether (sulfide) groups is 2. The maximum atomic E-state index is 12.3. The molecule has 6 nitrogen and oxygen atoms in total. The highest BCUT2D eigenvalue weighted by atomic mass is 32.2. The predicted molar refractivity (Wildman–Crippen MR) is 99.6 cm³/mol. The summed E-state index contributed by atoms with van der Waals surface area (Å²) >= 11 is 0.774. The molecule has 0 aliphatic rings. The summed E-state index contributed by atoms with van der Waals surface area (Å²) in [6, 6.07) is 15.9. The first-order valence-electron chi connectivity index (χ1n) is 7.38. The first kappa shape index (κ1) is 19.7. The van der Waals surface area contributed by atoms with Crippen LogP contribution in [0.3, 0.4) is 0 Å². The second-order valence-corrected chi connectivity index (χ2v) is 7.29. The van der Waals surface area contributed by atoms with Crippen LogP contribution in [0.5, 0.6) is 0 Å².